The van der Waals surface area contributed by atoms with Crippen molar-refractivity contribution < 1.29 is 28.7 Å². The van der Waals surface area contributed by atoms with Crippen LogP contribution in [-0.4, -0.2) is 92.1 Å². The molecule has 0 aromatic heterocycles. The molecule has 1 aromatic carbocycles. The molecule has 0 radical (unpaired) electrons. The molecule has 0 fully saturated rings. The number of hydrogen-bond donors (Lipinski definition) is 4. The van der Waals surface area contributed by atoms with Crippen molar-refractivity contribution in [2.24, 2.45) is 23.7 Å². The highest BCUT2D eigenvalue weighted by Gasteiger charge is 2.38. The normalized spacial score (nSPS) is 15.3. The molecule has 0 aliphatic carbocycles. The van der Waals surface area contributed by atoms with Crippen molar-refractivity contribution in [3.63, 3.8) is 0 Å². The summed E-state index contributed by atoms with van der Waals surface area (Å²) in [5, 5.41) is 5.95. The number of carbonyl (C=O) groups is 4. The quantitative estimate of drug-likeness (QED) is 0.160. The minimum absolute atomic E-state index is 0.00950. The molecule has 1 rings (SSSR count). The summed E-state index contributed by atoms with van der Waals surface area (Å²) >= 11 is 0. The van der Waals surface area contributed by atoms with Gasteiger partial charge in [-0.1, -0.05) is 80.9 Å². The minimum atomic E-state index is -0.864. The zero-order valence-corrected chi connectivity index (χ0v) is 31.0. The Kier molecular flexibility index (Phi) is 17.8. The molecule has 12 heteroatoms. The fourth-order valence-electron chi connectivity index (χ4n) is 5.85. The maximum atomic E-state index is 13.9. The van der Waals surface area contributed by atoms with Gasteiger partial charge in [0.05, 0.1) is 23.9 Å². The van der Waals surface area contributed by atoms with Gasteiger partial charge in [-0.3, -0.25) is 30.1 Å². The van der Waals surface area contributed by atoms with Crippen LogP contribution in [0, 0.1) is 23.7 Å². The van der Waals surface area contributed by atoms with Crippen molar-refractivity contribution in [1.82, 2.24) is 25.9 Å². The van der Waals surface area contributed by atoms with E-state index in [0.29, 0.717) is 5.69 Å². The first-order valence-electron chi connectivity index (χ1n) is 16.9. The van der Waals surface area contributed by atoms with E-state index >= 15 is 0 Å². The van der Waals surface area contributed by atoms with Crippen molar-refractivity contribution in [3.05, 3.63) is 29.8 Å². The number of hydrazine groups is 1. The van der Waals surface area contributed by atoms with Gasteiger partial charge in [-0.05, 0) is 54.8 Å². The molecule has 268 valence electrons. The summed E-state index contributed by atoms with van der Waals surface area (Å²) in [6.07, 6.45) is 0.825. The van der Waals surface area contributed by atoms with E-state index in [4.69, 9.17) is 9.47 Å². The Balaban J connectivity index is 2.95. The number of hydrogen-bond acceptors (Lipinski definition) is 8. The van der Waals surface area contributed by atoms with Crippen LogP contribution in [0.25, 0.3) is 0 Å². The van der Waals surface area contributed by atoms with Gasteiger partial charge in [0.1, 0.15) is 18.7 Å². The number of anilines is 1. The van der Waals surface area contributed by atoms with E-state index in [0.717, 1.165) is 18.4 Å². The van der Waals surface area contributed by atoms with Crippen LogP contribution in [0.1, 0.15) is 80.7 Å². The van der Waals surface area contributed by atoms with E-state index in [-0.39, 0.29) is 60.3 Å². The van der Waals surface area contributed by atoms with Gasteiger partial charge >= 0.3 is 6.09 Å². The summed E-state index contributed by atoms with van der Waals surface area (Å²) < 4.78 is 11.3. The molecule has 0 heterocycles. The Morgan fingerprint density at radius 3 is 1.81 bits per heavy atom. The van der Waals surface area contributed by atoms with Crippen LogP contribution in [0.4, 0.5) is 10.5 Å². The van der Waals surface area contributed by atoms with Gasteiger partial charge in [0.25, 0.3) is 5.91 Å². The summed E-state index contributed by atoms with van der Waals surface area (Å²) in [4.78, 5) is 56.1. The fourth-order valence-corrected chi connectivity index (χ4v) is 5.85. The summed E-state index contributed by atoms with van der Waals surface area (Å²) in [5.74, 6) is -0.912. The van der Waals surface area contributed by atoms with Gasteiger partial charge in [-0.25, -0.2) is 4.79 Å². The SMILES string of the molecule is CCC(C)C(C(CC)OC)N(C)C(=O)C(NC(=O)C(C(C)C)N(C)C(=O)OCc1ccc(NNC(=O)C(NC)C(C)C)cc1)C(C)C. The van der Waals surface area contributed by atoms with Crippen LogP contribution < -0.4 is 21.5 Å². The van der Waals surface area contributed by atoms with Gasteiger partial charge in [0.2, 0.25) is 11.8 Å². The Hall–Kier alpha value is -3.38. The van der Waals surface area contributed by atoms with Gasteiger partial charge in [0, 0.05) is 21.2 Å². The third-order valence-electron chi connectivity index (χ3n) is 8.85. The second-order valence-corrected chi connectivity index (χ2v) is 13.4. The standard InChI is InChI=1S/C35H62N6O6/c1-14-24(9)31(27(15-2)46-13)40(11)34(44)29(22(5)6)37-33(43)30(23(7)8)41(12)35(45)47-20-25-16-18-26(19-17-25)38-39-32(42)28(36-10)21(3)4/h16-19,21-24,27-31,36,38H,14-15,20H2,1-13H3,(H,37,43)(H,39,42). The van der Waals surface area contributed by atoms with Gasteiger partial charge < -0.3 is 25.0 Å². The molecule has 12 nitrogen and oxygen atoms in total. The van der Waals surface area contributed by atoms with Crippen molar-refractivity contribution in [2.45, 2.75) is 112 Å². The molecule has 6 atom stereocenters. The van der Waals surface area contributed by atoms with E-state index < -0.39 is 24.1 Å². The number of benzene rings is 1. The molecule has 0 bridgehead atoms. The van der Waals surface area contributed by atoms with Crippen LogP contribution in [0.5, 0.6) is 0 Å². The number of amides is 4. The number of nitrogens with one attached hydrogen (secondary N) is 4. The monoisotopic (exact) mass is 662 g/mol. The molecule has 0 aliphatic rings. The number of ether oxygens (including phenoxy) is 2. The summed E-state index contributed by atoms with van der Waals surface area (Å²) in [6.45, 7) is 17.6. The third-order valence-corrected chi connectivity index (χ3v) is 8.85. The van der Waals surface area contributed by atoms with Crippen molar-refractivity contribution in [2.75, 3.05) is 33.7 Å². The minimum Gasteiger partial charge on any atom is -0.445 e. The number of likely N-dealkylation sites (N-methyl/N-ethyl adjacent to an activating group) is 3. The smallest absolute Gasteiger partial charge is 0.410 e. The first kappa shape index (κ1) is 41.6. The molecule has 4 amide bonds. The number of methoxy groups -OCH3 is 1. The molecule has 0 spiro atoms. The highest BCUT2D eigenvalue weighted by molar-refractivity contribution is 5.91. The molecular formula is C35H62N6O6. The Bertz CT molecular complexity index is 1120. The maximum Gasteiger partial charge on any atom is 0.410 e. The van der Waals surface area contributed by atoms with E-state index in [2.05, 4.69) is 35.3 Å². The predicted molar refractivity (Wildman–Crippen MR) is 186 cm³/mol. The molecule has 0 saturated carbocycles. The largest absolute Gasteiger partial charge is 0.445 e. The van der Waals surface area contributed by atoms with Gasteiger partial charge in [-0.2, -0.15) is 0 Å². The maximum absolute atomic E-state index is 13.9. The number of rotatable bonds is 19. The predicted octanol–water partition coefficient (Wildman–Crippen LogP) is 4.41. The zero-order valence-electron chi connectivity index (χ0n) is 31.0. The highest BCUT2D eigenvalue weighted by Crippen LogP contribution is 2.23. The first-order chi connectivity index (χ1) is 22.0. The van der Waals surface area contributed by atoms with Gasteiger partial charge in [0.15, 0.2) is 0 Å². The average molecular weight is 663 g/mol. The Morgan fingerprint density at radius 1 is 0.787 bits per heavy atom. The number of carbonyl (C=O) groups excluding carboxylic acids is 4. The van der Waals surface area contributed by atoms with Crippen molar-refractivity contribution in [3.8, 4) is 0 Å². The third kappa shape index (κ3) is 12.0. The molecule has 0 saturated heterocycles. The van der Waals surface area contributed by atoms with Crippen molar-refractivity contribution >= 4 is 29.5 Å². The second kappa shape index (κ2) is 20.1. The average Bonchev–Trinajstić information content (AvgIpc) is 3.03. The fraction of sp³-hybridized carbons (Fsp3) is 0.714. The summed E-state index contributed by atoms with van der Waals surface area (Å²) in [7, 11) is 6.70. The molecule has 6 unspecified atom stereocenters. The van der Waals surface area contributed by atoms with E-state index in [1.165, 1.54) is 11.9 Å². The lowest BCUT2D eigenvalue weighted by Crippen LogP contribution is -2.60. The Morgan fingerprint density at radius 2 is 1.36 bits per heavy atom. The van der Waals surface area contributed by atoms with Crippen molar-refractivity contribution in [1.29, 1.82) is 0 Å². The second-order valence-electron chi connectivity index (χ2n) is 13.4. The molecule has 0 aliphatic heterocycles. The van der Waals surface area contributed by atoms with E-state index in [1.54, 1.807) is 50.4 Å². The van der Waals surface area contributed by atoms with Crippen LogP contribution in [0.2, 0.25) is 0 Å². The van der Waals surface area contributed by atoms with Gasteiger partial charge in [-0.15, -0.1) is 0 Å². The lowest BCUT2D eigenvalue weighted by molar-refractivity contribution is -0.143. The van der Waals surface area contributed by atoms with E-state index in [1.807, 2.05) is 48.5 Å². The first-order valence-corrected chi connectivity index (χ1v) is 16.9. The van der Waals surface area contributed by atoms with Crippen LogP contribution >= 0.6 is 0 Å². The molecule has 1 aromatic rings. The van der Waals surface area contributed by atoms with Crippen LogP contribution in [0.3, 0.4) is 0 Å². The summed E-state index contributed by atoms with van der Waals surface area (Å²) in [6, 6.07) is 4.96. The zero-order chi connectivity index (χ0) is 36.0. The lowest BCUT2D eigenvalue weighted by Gasteiger charge is -2.40. The Labute approximate surface area is 283 Å². The summed E-state index contributed by atoms with van der Waals surface area (Å²) in [5.41, 5.74) is 6.99. The molecular weight excluding hydrogens is 600 g/mol. The topological polar surface area (TPSA) is 141 Å². The van der Waals surface area contributed by atoms with E-state index in [9.17, 15) is 19.2 Å². The highest BCUT2D eigenvalue weighted by atomic mass is 16.6. The number of nitrogens with zero attached hydrogens (tertiary/aromatic N) is 2. The van der Waals surface area contributed by atoms with Crippen LogP contribution in [-0.2, 0) is 30.5 Å². The lowest BCUT2D eigenvalue weighted by atomic mass is 9.90. The molecule has 4 N–H and O–H groups in total. The molecule has 47 heavy (non-hydrogen) atoms. The van der Waals surface area contributed by atoms with Crippen LogP contribution in [0.15, 0.2) is 24.3 Å².